The van der Waals surface area contributed by atoms with E-state index in [0.717, 1.165) is 37.5 Å². The summed E-state index contributed by atoms with van der Waals surface area (Å²) in [5.41, 5.74) is 2.55. The van der Waals surface area contributed by atoms with E-state index in [4.69, 9.17) is 18.9 Å². The molecular weight excluding hydrogens is 692 g/mol. The molecule has 19 unspecified atom stereocenters. The fourth-order valence-electron chi connectivity index (χ4n) is 14.3. The van der Waals surface area contributed by atoms with Crippen molar-refractivity contribution in [1.29, 1.82) is 0 Å². The number of ether oxygens (including phenoxy) is 4. The zero-order valence-corrected chi connectivity index (χ0v) is 33.9. The lowest BCUT2D eigenvalue weighted by atomic mass is 9.41. The SMILES string of the molecule is C=C(CCC(C)C1CCC2(C)C3CCC4C(C)(C)C(OC5OC(CO)C(OC6OC(CO)C(O)C(O)C6O)C(O)C5O)CCC45CC35CCC12C)C(C)C. The predicted octanol–water partition coefficient (Wildman–Crippen LogP) is 4.06. The highest BCUT2D eigenvalue weighted by Gasteiger charge is 2.82. The number of allylic oxidation sites excluding steroid dienone is 1. The Labute approximate surface area is 322 Å². The molecule has 2 saturated heterocycles. The van der Waals surface area contributed by atoms with Gasteiger partial charge in [-0.1, -0.05) is 60.6 Å². The normalized spacial score (nSPS) is 52.9. The molecule has 5 aliphatic carbocycles. The average Bonchev–Trinajstić information content (AvgIpc) is 3.72. The maximum absolute atomic E-state index is 11.3. The average molecular weight is 765 g/mol. The molecule has 2 spiro atoms. The van der Waals surface area contributed by atoms with E-state index in [1.165, 1.54) is 50.5 Å². The van der Waals surface area contributed by atoms with Gasteiger partial charge in [-0.25, -0.2) is 0 Å². The maximum Gasteiger partial charge on any atom is 0.187 e. The van der Waals surface area contributed by atoms with E-state index in [-0.39, 0.29) is 11.5 Å². The molecule has 11 nitrogen and oxygen atoms in total. The Morgan fingerprint density at radius 1 is 0.685 bits per heavy atom. The van der Waals surface area contributed by atoms with Gasteiger partial charge in [0.2, 0.25) is 0 Å². The van der Waals surface area contributed by atoms with Crippen molar-refractivity contribution in [3.8, 4) is 0 Å². The molecule has 0 aromatic carbocycles. The van der Waals surface area contributed by atoms with Crippen LogP contribution in [0.25, 0.3) is 0 Å². The van der Waals surface area contributed by atoms with Crippen molar-refractivity contribution in [2.45, 2.75) is 187 Å². The minimum absolute atomic E-state index is 0.216. The Morgan fingerprint density at radius 2 is 1.30 bits per heavy atom. The quantitative estimate of drug-likeness (QED) is 0.119. The number of hydrogen-bond donors (Lipinski definition) is 7. The molecule has 310 valence electrons. The second-order valence-electron chi connectivity index (χ2n) is 20.5. The van der Waals surface area contributed by atoms with Crippen LogP contribution in [0.4, 0.5) is 0 Å². The number of fused-ring (bicyclic) bond motifs is 2. The largest absolute Gasteiger partial charge is 0.394 e. The van der Waals surface area contributed by atoms with Crippen LogP contribution in [-0.2, 0) is 18.9 Å². The van der Waals surface area contributed by atoms with E-state index < -0.39 is 74.6 Å². The number of rotatable bonds is 11. The van der Waals surface area contributed by atoms with Crippen molar-refractivity contribution in [3.63, 3.8) is 0 Å². The Balaban J connectivity index is 1.02. The van der Waals surface area contributed by atoms with Gasteiger partial charge in [-0.05, 0) is 127 Å². The van der Waals surface area contributed by atoms with E-state index in [9.17, 15) is 35.7 Å². The summed E-state index contributed by atoms with van der Waals surface area (Å²) >= 11 is 0. The summed E-state index contributed by atoms with van der Waals surface area (Å²) in [4.78, 5) is 0. The van der Waals surface area contributed by atoms with Gasteiger partial charge < -0.3 is 54.7 Å². The van der Waals surface area contributed by atoms with Crippen molar-refractivity contribution in [3.05, 3.63) is 12.2 Å². The van der Waals surface area contributed by atoms with Gasteiger partial charge >= 0.3 is 0 Å². The highest BCUT2D eigenvalue weighted by Crippen LogP contribution is 2.89. The zero-order chi connectivity index (χ0) is 39.3. The van der Waals surface area contributed by atoms with Gasteiger partial charge in [0.15, 0.2) is 12.6 Å². The predicted molar refractivity (Wildman–Crippen MR) is 201 cm³/mol. The van der Waals surface area contributed by atoms with Crippen LogP contribution in [0.3, 0.4) is 0 Å². The smallest absolute Gasteiger partial charge is 0.187 e. The molecule has 2 aliphatic heterocycles. The van der Waals surface area contributed by atoms with Gasteiger partial charge in [-0.3, -0.25) is 0 Å². The van der Waals surface area contributed by atoms with Crippen LogP contribution in [0.5, 0.6) is 0 Å². The molecule has 11 heteroatoms. The lowest BCUT2D eigenvalue weighted by molar-refractivity contribution is -0.367. The van der Waals surface area contributed by atoms with Crippen molar-refractivity contribution >= 4 is 0 Å². The fourth-order valence-corrected chi connectivity index (χ4v) is 14.3. The molecule has 0 radical (unpaired) electrons. The third-order valence-electron chi connectivity index (χ3n) is 17.8. The lowest BCUT2D eigenvalue weighted by Crippen LogP contribution is -2.65. The minimum atomic E-state index is -1.71. The summed E-state index contributed by atoms with van der Waals surface area (Å²) in [6, 6.07) is 0. The monoisotopic (exact) mass is 765 g/mol. The van der Waals surface area contributed by atoms with Crippen LogP contribution in [0, 0.1) is 56.7 Å². The summed E-state index contributed by atoms with van der Waals surface area (Å²) in [5, 5.41) is 73.4. The Bertz CT molecular complexity index is 1370. The van der Waals surface area contributed by atoms with E-state index >= 15 is 0 Å². The fraction of sp³-hybridized carbons (Fsp3) is 0.953. The van der Waals surface area contributed by atoms with Gasteiger partial charge in [0.25, 0.3) is 0 Å². The van der Waals surface area contributed by atoms with Crippen LogP contribution < -0.4 is 0 Å². The molecule has 2 heterocycles. The van der Waals surface area contributed by atoms with Gasteiger partial charge in [0.1, 0.15) is 48.8 Å². The highest BCUT2D eigenvalue weighted by atomic mass is 16.7. The zero-order valence-electron chi connectivity index (χ0n) is 33.9. The van der Waals surface area contributed by atoms with Gasteiger partial charge in [0, 0.05) is 0 Å². The molecule has 7 rings (SSSR count). The first kappa shape index (κ1) is 41.5. The van der Waals surface area contributed by atoms with Crippen molar-refractivity contribution < 1.29 is 54.7 Å². The molecule has 0 amide bonds. The van der Waals surface area contributed by atoms with Crippen LogP contribution in [0.2, 0.25) is 0 Å². The Morgan fingerprint density at radius 3 is 1.96 bits per heavy atom. The van der Waals surface area contributed by atoms with Crippen molar-refractivity contribution in [1.82, 2.24) is 0 Å². The van der Waals surface area contributed by atoms with E-state index in [0.29, 0.717) is 39.4 Å². The van der Waals surface area contributed by atoms with Crippen molar-refractivity contribution in [2.75, 3.05) is 13.2 Å². The third-order valence-corrected chi connectivity index (χ3v) is 17.8. The molecule has 0 aromatic heterocycles. The second-order valence-corrected chi connectivity index (χ2v) is 20.5. The van der Waals surface area contributed by atoms with E-state index in [1.54, 1.807) is 0 Å². The molecule has 7 fully saturated rings. The first-order chi connectivity index (χ1) is 25.3. The Kier molecular flexibility index (Phi) is 11.2. The summed E-state index contributed by atoms with van der Waals surface area (Å²) in [6.07, 6.45) is -1.57. The Hall–Kier alpha value is -0.700. The molecule has 7 aliphatic rings. The standard InChI is InChI=1S/C43H72O11/c1-22(2)23(3)9-10-24(4)25-13-15-41(8)29-12-11-28-39(5,6)30(14-16-42(28)21-43(29,42)18-17-40(25,41)7)53-37-35(50)33(48)36(27(20-45)52-37)54-38-34(49)32(47)31(46)26(19-44)51-38/h22,24-38,44-50H,3,9-21H2,1-2,4-8H3. The van der Waals surface area contributed by atoms with Crippen LogP contribution >= 0.6 is 0 Å². The van der Waals surface area contributed by atoms with Gasteiger partial charge in [0.05, 0.1) is 19.3 Å². The first-order valence-corrected chi connectivity index (χ1v) is 21.2. The van der Waals surface area contributed by atoms with Crippen LogP contribution in [0.15, 0.2) is 12.2 Å². The van der Waals surface area contributed by atoms with Crippen molar-refractivity contribution in [2.24, 2.45) is 56.7 Å². The van der Waals surface area contributed by atoms with Gasteiger partial charge in [-0.2, -0.15) is 0 Å². The molecule has 7 N–H and O–H groups in total. The van der Waals surface area contributed by atoms with E-state index in [2.05, 4.69) is 55.0 Å². The highest BCUT2D eigenvalue weighted by molar-refractivity contribution is 5.30. The van der Waals surface area contributed by atoms with E-state index in [1.807, 2.05) is 0 Å². The maximum atomic E-state index is 11.3. The topological polar surface area (TPSA) is 179 Å². The molecule has 54 heavy (non-hydrogen) atoms. The van der Waals surface area contributed by atoms with Crippen LogP contribution in [-0.4, -0.2) is 116 Å². The molecule has 0 bridgehead atoms. The summed E-state index contributed by atoms with van der Waals surface area (Å²) < 4.78 is 24.0. The van der Waals surface area contributed by atoms with Gasteiger partial charge in [-0.15, -0.1) is 0 Å². The molecule has 0 aromatic rings. The lowest BCUT2D eigenvalue weighted by Gasteiger charge is -2.63. The minimum Gasteiger partial charge on any atom is -0.394 e. The summed E-state index contributed by atoms with van der Waals surface area (Å²) in [7, 11) is 0. The second kappa shape index (κ2) is 14.5. The molecule has 19 atom stereocenters. The number of aliphatic hydroxyl groups is 7. The number of hydrogen-bond acceptors (Lipinski definition) is 11. The summed E-state index contributed by atoms with van der Waals surface area (Å²) in [6.45, 7) is 20.1. The van der Waals surface area contributed by atoms with Crippen LogP contribution in [0.1, 0.15) is 119 Å². The third kappa shape index (κ3) is 6.06. The molecular formula is C43H72O11. The number of aliphatic hydroxyl groups excluding tert-OH is 7. The first-order valence-electron chi connectivity index (χ1n) is 21.2. The summed E-state index contributed by atoms with van der Waals surface area (Å²) in [5.74, 6) is 3.21. The molecule has 5 saturated carbocycles.